The highest BCUT2D eigenvalue weighted by molar-refractivity contribution is 9.10. The summed E-state index contributed by atoms with van der Waals surface area (Å²) in [5, 5.41) is 2.82. The number of amides is 1. The molecule has 1 aromatic carbocycles. The number of aryl methyl sites for hydroxylation is 1. The standard InChI is InChI=1S/C10H12BrNO/c1-7-5-3-4-6-9(7)12-10(13)8(2)11/h3-6,8H,1-2H3,(H,12,13)/t8-/m1/s1. The van der Waals surface area contributed by atoms with Crippen LogP contribution in [-0.2, 0) is 4.79 Å². The van der Waals surface area contributed by atoms with E-state index in [1.807, 2.05) is 31.2 Å². The van der Waals surface area contributed by atoms with Crippen LogP contribution in [0, 0.1) is 6.92 Å². The minimum absolute atomic E-state index is 0.0192. The Hall–Kier alpha value is -0.830. The molecule has 0 spiro atoms. The molecule has 3 heteroatoms. The van der Waals surface area contributed by atoms with Crippen LogP contribution in [-0.4, -0.2) is 10.7 Å². The van der Waals surface area contributed by atoms with Gasteiger partial charge in [0, 0.05) is 5.69 Å². The Morgan fingerprint density at radius 3 is 2.62 bits per heavy atom. The van der Waals surface area contributed by atoms with E-state index in [0.29, 0.717) is 0 Å². The summed E-state index contributed by atoms with van der Waals surface area (Å²) in [4.78, 5) is 11.1. The van der Waals surface area contributed by atoms with E-state index in [1.54, 1.807) is 6.92 Å². The smallest absolute Gasteiger partial charge is 0.237 e. The second-order valence-corrected chi connectivity index (χ2v) is 4.29. The average Bonchev–Trinajstić information content (AvgIpc) is 2.08. The van der Waals surface area contributed by atoms with Crippen LogP contribution in [0.4, 0.5) is 5.69 Å². The Morgan fingerprint density at radius 2 is 2.08 bits per heavy atom. The second kappa shape index (κ2) is 4.42. The van der Waals surface area contributed by atoms with Gasteiger partial charge in [0.2, 0.25) is 5.91 Å². The first-order chi connectivity index (χ1) is 6.11. The van der Waals surface area contributed by atoms with Crippen molar-refractivity contribution >= 4 is 27.5 Å². The first kappa shape index (κ1) is 10.3. The maximum atomic E-state index is 11.3. The predicted molar refractivity (Wildman–Crippen MR) is 58.2 cm³/mol. The first-order valence-corrected chi connectivity index (χ1v) is 5.03. The molecule has 0 aromatic heterocycles. The number of benzene rings is 1. The van der Waals surface area contributed by atoms with Gasteiger partial charge in [-0.15, -0.1) is 0 Å². The molecule has 1 amide bonds. The molecule has 0 saturated carbocycles. The Kier molecular flexibility index (Phi) is 3.48. The molecule has 0 heterocycles. The molecular formula is C10H12BrNO. The molecule has 1 N–H and O–H groups in total. The molecule has 2 nitrogen and oxygen atoms in total. The van der Waals surface area contributed by atoms with Crippen LogP contribution in [0.15, 0.2) is 24.3 Å². The molecule has 1 aromatic rings. The summed E-state index contributed by atoms with van der Waals surface area (Å²) < 4.78 is 0. The normalized spacial score (nSPS) is 12.2. The monoisotopic (exact) mass is 241 g/mol. The Labute approximate surface area is 86.5 Å². The van der Waals surface area contributed by atoms with Gasteiger partial charge >= 0.3 is 0 Å². The van der Waals surface area contributed by atoms with Crippen molar-refractivity contribution in [1.82, 2.24) is 0 Å². The molecule has 0 aliphatic rings. The van der Waals surface area contributed by atoms with Crippen molar-refractivity contribution in [3.8, 4) is 0 Å². The Balaban J connectivity index is 2.75. The SMILES string of the molecule is Cc1ccccc1NC(=O)[C@@H](C)Br. The van der Waals surface area contributed by atoms with Gasteiger partial charge in [-0.1, -0.05) is 34.1 Å². The van der Waals surface area contributed by atoms with E-state index >= 15 is 0 Å². The number of hydrogen-bond acceptors (Lipinski definition) is 1. The maximum absolute atomic E-state index is 11.3. The maximum Gasteiger partial charge on any atom is 0.237 e. The largest absolute Gasteiger partial charge is 0.325 e. The van der Waals surface area contributed by atoms with Gasteiger partial charge in [0.1, 0.15) is 0 Å². The number of alkyl halides is 1. The average molecular weight is 242 g/mol. The third-order valence-electron chi connectivity index (χ3n) is 1.76. The third-order valence-corrected chi connectivity index (χ3v) is 2.18. The zero-order valence-corrected chi connectivity index (χ0v) is 9.26. The number of halogens is 1. The van der Waals surface area contributed by atoms with Crippen LogP contribution in [0.5, 0.6) is 0 Å². The molecule has 0 unspecified atom stereocenters. The summed E-state index contributed by atoms with van der Waals surface area (Å²) in [6.07, 6.45) is 0. The quantitative estimate of drug-likeness (QED) is 0.793. The van der Waals surface area contributed by atoms with Gasteiger partial charge in [-0.2, -0.15) is 0 Å². The van der Waals surface area contributed by atoms with Gasteiger partial charge in [-0.05, 0) is 25.5 Å². The topological polar surface area (TPSA) is 29.1 Å². The van der Waals surface area contributed by atoms with E-state index in [2.05, 4.69) is 21.2 Å². The molecule has 70 valence electrons. The highest BCUT2D eigenvalue weighted by Gasteiger charge is 2.08. The minimum Gasteiger partial charge on any atom is -0.325 e. The highest BCUT2D eigenvalue weighted by atomic mass is 79.9. The van der Waals surface area contributed by atoms with E-state index < -0.39 is 0 Å². The molecule has 0 aliphatic heterocycles. The number of para-hydroxylation sites is 1. The lowest BCUT2D eigenvalue weighted by Crippen LogP contribution is -2.20. The van der Waals surface area contributed by atoms with E-state index in [0.717, 1.165) is 11.3 Å². The lowest BCUT2D eigenvalue weighted by molar-refractivity contribution is -0.115. The van der Waals surface area contributed by atoms with E-state index in [1.165, 1.54) is 0 Å². The van der Waals surface area contributed by atoms with Crippen LogP contribution < -0.4 is 5.32 Å². The van der Waals surface area contributed by atoms with Crippen molar-refractivity contribution in [3.63, 3.8) is 0 Å². The fourth-order valence-corrected chi connectivity index (χ4v) is 1.06. The lowest BCUT2D eigenvalue weighted by Gasteiger charge is -2.08. The molecule has 0 fully saturated rings. The van der Waals surface area contributed by atoms with Gasteiger partial charge in [-0.25, -0.2) is 0 Å². The molecule has 13 heavy (non-hydrogen) atoms. The Bertz CT molecular complexity index is 310. The van der Waals surface area contributed by atoms with E-state index in [-0.39, 0.29) is 10.7 Å². The summed E-state index contributed by atoms with van der Waals surface area (Å²) in [6, 6.07) is 7.71. The number of hydrogen-bond donors (Lipinski definition) is 1. The summed E-state index contributed by atoms with van der Waals surface area (Å²) in [5.74, 6) is -0.0192. The fraction of sp³-hybridized carbons (Fsp3) is 0.300. The zero-order chi connectivity index (χ0) is 9.84. The van der Waals surface area contributed by atoms with Crippen molar-refractivity contribution in [2.45, 2.75) is 18.7 Å². The summed E-state index contributed by atoms with van der Waals surface area (Å²) in [6.45, 7) is 3.77. The van der Waals surface area contributed by atoms with Crippen molar-refractivity contribution in [3.05, 3.63) is 29.8 Å². The van der Waals surface area contributed by atoms with Gasteiger partial charge in [-0.3, -0.25) is 4.79 Å². The predicted octanol–water partition coefficient (Wildman–Crippen LogP) is 2.72. The highest BCUT2D eigenvalue weighted by Crippen LogP contribution is 2.14. The van der Waals surface area contributed by atoms with E-state index in [9.17, 15) is 4.79 Å². The van der Waals surface area contributed by atoms with Gasteiger partial charge in [0.15, 0.2) is 0 Å². The van der Waals surface area contributed by atoms with Gasteiger partial charge < -0.3 is 5.32 Å². The number of anilines is 1. The van der Waals surface area contributed by atoms with Crippen molar-refractivity contribution in [1.29, 1.82) is 0 Å². The van der Waals surface area contributed by atoms with Crippen molar-refractivity contribution in [2.75, 3.05) is 5.32 Å². The number of carbonyl (C=O) groups is 1. The van der Waals surface area contributed by atoms with Crippen molar-refractivity contribution < 1.29 is 4.79 Å². The summed E-state index contributed by atoms with van der Waals surface area (Å²) >= 11 is 3.21. The van der Waals surface area contributed by atoms with Crippen LogP contribution in [0.1, 0.15) is 12.5 Å². The van der Waals surface area contributed by atoms with Crippen LogP contribution in [0.2, 0.25) is 0 Å². The zero-order valence-electron chi connectivity index (χ0n) is 7.67. The molecule has 0 radical (unpaired) electrons. The molecular weight excluding hydrogens is 230 g/mol. The first-order valence-electron chi connectivity index (χ1n) is 4.12. The third kappa shape index (κ3) is 2.84. The van der Waals surface area contributed by atoms with Crippen LogP contribution in [0.3, 0.4) is 0 Å². The molecule has 0 saturated heterocycles. The van der Waals surface area contributed by atoms with Crippen LogP contribution in [0.25, 0.3) is 0 Å². The fourth-order valence-electron chi connectivity index (χ4n) is 0.945. The number of nitrogens with one attached hydrogen (secondary N) is 1. The van der Waals surface area contributed by atoms with Crippen molar-refractivity contribution in [2.24, 2.45) is 0 Å². The molecule has 1 rings (SSSR count). The number of carbonyl (C=O) groups excluding carboxylic acids is 1. The molecule has 1 atom stereocenters. The Morgan fingerprint density at radius 1 is 1.46 bits per heavy atom. The number of rotatable bonds is 2. The minimum atomic E-state index is -0.160. The summed E-state index contributed by atoms with van der Waals surface area (Å²) in [7, 11) is 0. The van der Waals surface area contributed by atoms with Gasteiger partial charge in [0.05, 0.1) is 4.83 Å². The van der Waals surface area contributed by atoms with Gasteiger partial charge in [0.25, 0.3) is 0 Å². The molecule has 0 aliphatic carbocycles. The van der Waals surface area contributed by atoms with E-state index in [4.69, 9.17) is 0 Å². The molecule has 0 bridgehead atoms. The van der Waals surface area contributed by atoms with Crippen LogP contribution >= 0.6 is 15.9 Å². The summed E-state index contributed by atoms with van der Waals surface area (Å²) in [5.41, 5.74) is 1.95. The second-order valence-electron chi connectivity index (χ2n) is 2.92. The lowest BCUT2D eigenvalue weighted by atomic mass is 10.2.